The van der Waals surface area contributed by atoms with Gasteiger partial charge in [-0.15, -0.1) is 0 Å². The van der Waals surface area contributed by atoms with Gasteiger partial charge in [0.2, 0.25) is 0 Å². The third-order valence-electron chi connectivity index (χ3n) is 3.34. The minimum atomic E-state index is 0.698. The molecule has 1 aromatic heterocycles. The lowest BCUT2D eigenvalue weighted by Gasteiger charge is -2.06. The molecule has 116 valence electrons. The van der Waals surface area contributed by atoms with Crippen molar-refractivity contribution in [3.8, 4) is 5.75 Å². The minimum absolute atomic E-state index is 0.698. The van der Waals surface area contributed by atoms with Gasteiger partial charge in [0.15, 0.2) is 11.3 Å². The van der Waals surface area contributed by atoms with E-state index in [0.29, 0.717) is 12.5 Å². The maximum Gasteiger partial charge on any atom is 0.176 e. The first kappa shape index (κ1) is 15.9. The van der Waals surface area contributed by atoms with E-state index in [1.165, 1.54) is 0 Å². The average molecular weight is 291 g/mol. The summed E-state index contributed by atoms with van der Waals surface area (Å²) in [6.07, 6.45) is 1.11. The van der Waals surface area contributed by atoms with Gasteiger partial charge in [-0.1, -0.05) is 26.0 Å². The molecule has 0 radical (unpaired) electrons. The third kappa shape index (κ3) is 4.76. The zero-order valence-corrected chi connectivity index (χ0v) is 13.1. The molecule has 2 aromatic rings. The highest BCUT2D eigenvalue weighted by molar-refractivity contribution is 5.83. The van der Waals surface area contributed by atoms with Gasteiger partial charge < -0.3 is 19.2 Å². The number of hydrogen-bond donors (Lipinski definition) is 1. The molecule has 0 atom stereocenters. The van der Waals surface area contributed by atoms with Gasteiger partial charge >= 0.3 is 0 Å². The molecule has 1 heterocycles. The van der Waals surface area contributed by atoms with Crippen LogP contribution >= 0.6 is 0 Å². The van der Waals surface area contributed by atoms with Gasteiger partial charge in [0.25, 0.3) is 0 Å². The number of ether oxygens (including phenoxy) is 2. The Morgan fingerprint density at radius 1 is 1.24 bits per heavy atom. The summed E-state index contributed by atoms with van der Waals surface area (Å²) in [6, 6.07) is 7.95. The summed E-state index contributed by atoms with van der Waals surface area (Å²) in [5.41, 5.74) is 0.810. The van der Waals surface area contributed by atoms with Gasteiger partial charge in [-0.3, -0.25) is 0 Å². The predicted molar refractivity (Wildman–Crippen MR) is 84.7 cm³/mol. The summed E-state index contributed by atoms with van der Waals surface area (Å²) in [6.45, 7) is 7.50. The number of furan rings is 1. The zero-order valence-electron chi connectivity index (χ0n) is 13.1. The molecule has 2 rings (SSSR count). The van der Waals surface area contributed by atoms with Crippen molar-refractivity contribution >= 4 is 11.0 Å². The molecule has 1 aromatic carbocycles. The molecular formula is C17H25NO3. The number of rotatable bonds is 9. The maximum atomic E-state index is 5.82. The van der Waals surface area contributed by atoms with Gasteiger partial charge in [-0.05, 0) is 24.5 Å². The van der Waals surface area contributed by atoms with Crippen molar-refractivity contribution in [1.82, 2.24) is 5.32 Å². The highest BCUT2D eigenvalue weighted by atomic mass is 16.5. The number of nitrogens with one attached hydrogen (secondary N) is 1. The van der Waals surface area contributed by atoms with Crippen molar-refractivity contribution in [2.24, 2.45) is 5.92 Å². The Morgan fingerprint density at radius 2 is 2.10 bits per heavy atom. The number of methoxy groups -OCH3 is 1. The summed E-state index contributed by atoms with van der Waals surface area (Å²) < 4.78 is 16.7. The molecule has 0 bridgehead atoms. The van der Waals surface area contributed by atoms with Gasteiger partial charge in [0.05, 0.1) is 20.3 Å². The molecule has 0 unspecified atom stereocenters. The molecule has 0 saturated heterocycles. The van der Waals surface area contributed by atoms with Crippen LogP contribution in [0.15, 0.2) is 28.7 Å². The van der Waals surface area contributed by atoms with Crippen LogP contribution < -0.4 is 10.1 Å². The van der Waals surface area contributed by atoms with E-state index in [-0.39, 0.29) is 0 Å². The van der Waals surface area contributed by atoms with Crippen LogP contribution in [0.2, 0.25) is 0 Å². The van der Waals surface area contributed by atoms with Crippen LogP contribution in [0, 0.1) is 5.92 Å². The number of para-hydroxylation sites is 1. The van der Waals surface area contributed by atoms with Crippen LogP contribution in [0.4, 0.5) is 0 Å². The summed E-state index contributed by atoms with van der Waals surface area (Å²) in [7, 11) is 1.66. The molecular weight excluding hydrogens is 266 g/mol. The smallest absolute Gasteiger partial charge is 0.176 e. The van der Waals surface area contributed by atoms with Crippen LogP contribution in [-0.2, 0) is 11.3 Å². The lowest BCUT2D eigenvalue weighted by Crippen LogP contribution is -2.19. The summed E-state index contributed by atoms with van der Waals surface area (Å²) >= 11 is 0. The average Bonchev–Trinajstić information content (AvgIpc) is 2.88. The second-order valence-electron chi connectivity index (χ2n) is 5.56. The van der Waals surface area contributed by atoms with Crippen LogP contribution in [0.1, 0.15) is 26.0 Å². The van der Waals surface area contributed by atoms with Gasteiger partial charge in [0.1, 0.15) is 5.76 Å². The van der Waals surface area contributed by atoms with E-state index < -0.39 is 0 Å². The second kappa shape index (κ2) is 8.05. The maximum absolute atomic E-state index is 5.82. The lowest BCUT2D eigenvalue weighted by atomic mass is 10.1. The SMILES string of the molecule is COc1cccc2cc(CNCCOCCC(C)C)oc12. The Kier molecular flexibility index (Phi) is 6.08. The van der Waals surface area contributed by atoms with E-state index in [4.69, 9.17) is 13.9 Å². The fraction of sp³-hybridized carbons (Fsp3) is 0.529. The number of fused-ring (bicyclic) bond motifs is 1. The molecule has 0 fully saturated rings. The Morgan fingerprint density at radius 3 is 2.86 bits per heavy atom. The van der Waals surface area contributed by atoms with Crippen LogP contribution in [-0.4, -0.2) is 26.9 Å². The van der Waals surface area contributed by atoms with Crippen molar-refractivity contribution in [2.45, 2.75) is 26.8 Å². The largest absolute Gasteiger partial charge is 0.493 e. The number of hydrogen-bond acceptors (Lipinski definition) is 4. The third-order valence-corrected chi connectivity index (χ3v) is 3.34. The van der Waals surface area contributed by atoms with E-state index in [9.17, 15) is 0 Å². The topological polar surface area (TPSA) is 43.6 Å². The van der Waals surface area contributed by atoms with E-state index in [0.717, 1.165) is 48.7 Å². The molecule has 0 aliphatic heterocycles. The van der Waals surface area contributed by atoms with Gasteiger partial charge in [-0.25, -0.2) is 0 Å². The van der Waals surface area contributed by atoms with Crippen molar-refractivity contribution in [3.05, 3.63) is 30.0 Å². The molecule has 4 heteroatoms. The first-order valence-corrected chi connectivity index (χ1v) is 7.54. The Labute approximate surface area is 126 Å². The first-order valence-electron chi connectivity index (χ1n) is 7.54. The quantitative estimate of drug-likeness (QED) is 0.717. The predicted octanol–water partition coefficient (Wildman–Crippen LogP) is 3.59. The number of benzene rings is 1. The van der Waals surface area contributed by atoms with Crippen LogP contribution in [0.25, 0.3) is 11.0 Å². The molecule has 0 saturated carbocycles. The Hall–Kier alpha value is -1.52. The summed E-state index contributed by atoms with van der Waals surface area (Å²) in [5.74, 6) is 2.39. The molecule has 1 N–H and O–H groups in total. The fourth-order valence-electron chi connectivity index (χ4n) is 2.11. The normalized spacial score (nSPS) is 11.4. The molecule has 21 heavy (non-hydrogen) atoms. The Balaban J connectivity index is 1.74. The summed E-state index contributed by atoms with van der Waals surface area (Å²) in [4.78, 5) is 0. The Bertz CT molecular complexity index is 548. The highest BCUT2D eigenvalue weighted by Gasteiger charge is 2.07. The van der Waals surface area contributed by atoms with E-state index in [1.807, 2.05) is 24.3 Å². The van der Waals surface area contributed by atoms with Crippen molar-refractivity contribution in [3.63, 3.8) is 0 Å². The van der Waals surface area contributed by atoms with Crippen molar-refractivity contribution in [2.75, 3.05) is 26.9 Å². The van der Waals surface area contributed by atoms with E-state index in [1.54, 1.807) is 7.11 Å². The van der Waals surface area contributed by atoms with E-state index >= 15 is 0 Å². The molecule has 0 aliphatic rings. The summed E-state index contributed by atoms with van der Waals surface area (Å²) in [5, 5.41) is 4.40. The van der Waals surface area contributed by atoms with Gasteiger partial charge in [-0.2, -0.15) is 0 Å². The molecule has 0 amide bonds. The molecule has 4 nitrogen and oxygen atoms in total. The van der Waals surface area contributed by atoms with Crippen molar-refractivity contribution in [1.29, 1.82) is 0 Å². The lowest BCUT2D eigenvalue weighted by molar-refractivity contribution is 0.125. The van der Waals surface area contributed by atoms with E-state index in [2.05, 4.69) is 19.2 Å². The van der Waals surface area contributed by atoms with Crippen molar-refractivity contribution < 1.29 is 13.9 Å². The van der Waals surface area contributed by atoms with Crippen LogP contribution in [0.5, 0.6) is 5.75 Å². The standard InChI is InChI=1S/C17H25NO3/c1-13(2)7-9-20-10-8-18-12-15-11-14-5-4-6-16(19-3)17(14)21-15/h4-6,11,13,18H,7-10,12H2,1-3H3. The molecule has 0 spiro atoms. The second-order valence-corrected chi connectivity index (χ2v) is 5.56. The molecule has 0 aliphatic carbocycles. The zero-order chi connectivity index (χ0) is 15.1. The highest BCUT2D eigenvalue weighted by Crippen LogP contribution is 2.28. The minimum Gasteiger partial charge on any atom is -0.493 e. The van der Waals surface area contributed by atoms with Gasteiger partial charge in [0, 0.05) is 18.5 Å². The van der Waals surface area contributed by atoms with Crippen LogP contribution in [0.3, 0.4) is 0 Å². The first-order chi connectivity index (χ1) is 10.2. The fourth-order valence-corrected chi connectivity index (χ4v) is 2.11. The monoisotopic (exact) mass is 291 g/mol.